The van der Waals surface area contributed by atoms with E-state index in [2.05, 4.69) is 20.4 Å². The highest BCUT2D eigenvalue weighted by molar-refractivity contribution is 6.02. The number of imide groups is 1. The maximum atomic E-state index is 15.4. The summed E-state index contributed by atoms with van der Waals surface area (Å²) in [5, 5.41) is 5.69. The summed E-state index contributed by atoms with van der Waals surface area (Å²) in [4.78, 5) is 40.3. The van der Waals surface area contributed by atoms with E-state index in [1.807, 2.05) is 0 Å². The lowest BCUT2D eigenvalue weighted by atomic mass is 9.87. The first-order valence-electron chi connectivity index (χ1n) is 11.1. The molecule has 1 aromatic rings. The summed E-state index contributed by atoms with van der Waals surface area (Å²) in [7, 11) is 0. The molecule has 168 valence electrons. The van der Waals surface area contributed by atoms with E-state index in [4.69, 9.17) is 5.73 Å². The fraction of sp³-hybridized carbons (Fsp3) is 0.591. The van der Waals surface area contributed by atoms with E-state index in [-0.39, 0.29) is 29.9 Å². The van der Waals surface area contributed by atoms with Gasteiger partial charge in [-0.2, -0.15) is 0 Å². The Kier molecular flexibility index (Phi) is 6.52. The third kappa shape index (κ3) is 4.72. The number of halogens is 1. The lowest BCUT2D eigenvalue weighted by Gasteiger charge is -2.39. The molecule has 4 rings (SSSR count). The molecule has 3 saturated heterocycles. The molecule has 4 N–H and O–H groups in total. The number of rotatable bonds is 5. The normalized spacial score (nSPS) is 23.6. The Labute approximate surface area is 181 Å². The number of hydrogen-bond acceptors (Lipinski definition) is 6. The maximum absolute atomic E-state index is 15.4. The third-order valence-electron chi connectivity index (χ3n) is 6.70. The summed E-state index contributed by atoms with van der Waals surface area (Å²) in [5.74, 6) is -2.62. The van der Waals surface area contributed by atoms with Crippen LogP contribution in [-0.2, 0) is 9.59 Å². The van der Waals surface area contributed by atoms with Gasteiger partial charge in [-0.1, -0.05) is 0 Å². The molecule has 1 unspecified atom stereocenters. The van der Waals surface area contributed by atoms with Crippen molar-refractivity contribution in [1.29, 1.82) is 0 Å². The van der Waals surface area contributed by atoms with Crippen molar-refractivity contribution in [2.75, 3.05) is 50.7 Å². The van der Waals surface area contributed by atoms with Gasteiger partial charge in [0.1, 0.15) is 5.82 Å². The number of piperazine rings is 1. The number of nitrogens with one attached hydrogen (secondary N) is 2. The molecule has 0 spiro atoms. The fourth-order valence-corrected chi connectivity index (χ4v) is 4.95. The molecule has 9 heteroatoms. The van der Waals surface area contributed by atoms with Gasteiger partial charge < -0.3 is 16.0 Å². The van der Waals surface area contributed by atoms with Crippen LogP contribution in [0.15, 0.2) is 12.1 Å². The van der Waals surface area contributed by atoms with Gasteiger partial charge >= 0.3 is 0 Å². The minimum atomic E-state index is -0.871. The second-order valence-electron chi connectivity index (χ2n) is 8.71. The SMILES string of the molecule is NC(=O)c1ccc(N2CCN(CC3CCNCC3)CC2)c(C2CCC(=O)NC2=O)c1F. The van der Waals surface area contributed by atoms with Crippen molar-refractivity contribution in [2.45, 2.75) is 31.6 Å². The Balaban J connectivity index is 1.54. The van der Waals surface area contributed by atoms with Gasteiger partial charge in [-0.3, -0.25) is 24.6 Å². The topological polar surface area (TPSA) is 108 Å². The summed E-state index contributed by atoms with van der Waals surface area (Å²) in [6, 6.07) is 3.08. The zero-order chi connectivity index (χ0) is 22.0. The maximum Gasteiger partial charge on any atom is 0.251 e. The Morgan fingerprint density at radius 1 is 1.10 bits per heavy atom. The summed E-state index contributed by atoms with van der Waals surface area (Å²) < 4.78 is 15.4. The van der Waals surface area contributed by atoms with Crippen LogP contribution < -0.4 is 21.3 Å². The molecule has 31 heavy (non-hydrogen) atoms. The van der Waals surface area contributed by atoms with Gasteiger partial charge in [0.15, 0.2) is 0 Å². The number of primary amides is 1. The van der Waals surface area contributed by atoms with Gasteiger partial charge in [0.2, 0.25) is 11.8 Å². The fourth-order valence-electron chi connectivity index (χ4n) is 4.95. The molecule has 8 nitrogen and oxygen atoms in total. The summed E-state index contributed by atoms with van der Waals surface area (Å²) >= 11 is 0. The van der Waals surface area contributed by atoms with Gasteiger partial charge in [0.25, 0.3) is 5.91 Å². The Morgan fingerprint density at radius 3 is 2.45 bits per heavy atom. The zero-order valence-electron chi connectivity index (χ0n) is 17.7. The first-order valence-corrected chi connectivity index (χ1v) is 11.1. The number of carbonyl (C=O) groups excluding carboxylic acids is 3. The summed E-state index contributed by atoms with van der Waals surface area (Å²) in [6.45, 7) is 6.36. The molecule has 3 heterocycles. The van der Waals surface area contributed by atoms with Gasteiger partial charge in [-0.05, 0) is 50.4 Å². The van der Waals surface area contributed by atoms with Crippen LogP contribution in [0.4, 0.5) is 10.1 Å². The van der Waals surface area contributed by atoms with Crippen LogP contribution in [0.3, 0.4) is 0 Å². The molecule has 1 aromatic carbocycles. The summed E-state index contributed by atoms with van der Waals surface area (Å²) in [5.41, 5.74) is 5.90. The lowest BCUT2D eigenvalue weighted by molar-refractivity contribution is -0.134. The number of anilines is 1. The molecule has 3 amide bonds. The first-order chi connectivity index (χ1) is 14.9. The molecule has 1 atom stereocenters. The van der Waals surface area contributed by atoms with E-state index in [0.717, 1.165) is 32.7 Å². The van der Waals surface area contributed by atoms with Crippen LogP contribution in [-0.4, -0.2) is 68.4 Å². The van der Waals surface area contributed by atoms with Crippen LogP contribution in [0.1, 0.15) is 47.5 Å². The van der Waals surface area contributed by atoms with E-state index in [9.17, 15) is 14.4 Å². The minimum Gasteiger partial charge on any atom is -0.369 e. The first kappa shape index (κ1) is 21.7. The average molecular weight is 432 g/mol. The second kappa shape index (κ2) is 9.32. The minimum absolute atomic E-state index is 0.139. The highest BCUT2D eigenvalue weighted by atomic mass is 19.1. The molecule has 3 aliphatic heterocycles. The van der Waals surface area contributed by atoms with E-state index in [1.165, 1.54) is 18.9 Å². The van der Waals surface area contributed by atoms with Gasteiger partial charge in [-0.15, -0.1) is 0 Å². The van der Waals surface area contributed by atoms with Gasteiger partial charge in [-0.25, -0.2) is 4.39 Å². The second-order valence-corrected chi connectivity index (χ2v) is 8.71. The van der Waals surface area contributed by atoms with Crippen molar-refractivity contribution in [1.82, 2.24) is 15.5 Å². The molecule has 0 aliphatic carbocycles. The molecule has 3 fully saturated rings. The molecular formula is C22H30FN5O3. The van der Waals surface area contributed by atoms with Crippen molar-refractivity contribution in [3.8, 4) is 0 Å². The highest BCUT2D eigenvalue weighted by Crippen LogP contribution is 2.36. The standard InChI is InChI=1S/C22H30FN5O3/c23-20-16(21(24)30)1-3-17(19(20)15-2-4-18(29)26-22(15)31)28-11-9-27(10-12-28)13-14-5-7-25-8-6-14/h1,3,14-15,25H,2,4-13H2,(H2,24,30)(H,26,29,31). The van der Waals surface area contributed by atoms with Crippen molar-refractivity contribution in [3.63, 3.8) is 0 Å². The van der Waals surface area contributed by atoms with Gasteiger partial charge in [0.05, 0.1) is 11.5 Å². The van der Waals surface area contributed by atoms with Crippen LogP contribution in [0, 0.1) is 11.7 Å². The third-order valence-corrected chi connectivity index (χ3v) is 6.70. The molecule has 3 aliphatic rings. The monoisotopic (exact) mass is 431 g/mol. The Hall–Kier alpha value is -2.52. The van der Waals surface area contributed by atoms with Crippen molar-refractivity contribution < 1.29 is 18.8 Å². The summed E-state index contributed by atoms with van der Waals surface area (Å²) in [6.07, 6.45) is 2.74. The smallest absolute Gasteiger partial charge is 0.251 e. The number of carbonyl (C=O) groups is 3. The quantitative estimate of drug-likeness (QED) is 0.589. The van der Waals surface area contributed by atoms with E-state index < -0.39 is 23.5 Å². The number of nitrogens with zero attached hydrogens (tertiary/aromatic N) is 2. The predicted octanol–water partition coefficient (Wildman–Crippen LogP) is 0.566. The molecular weight excluding hydrogens is 401 g/mol. The Morgan fingerprint density at radius 2 is 1.81 bits per heavy atom. The number of amides is 3. The number of hydrogen-bond donors (Lipinski definition) is 3. The van der Waals surface area contributed by atoms with Crippen molar-refractivity contribution >= 4 is 23.4 Å². The van der Waals surface area contributed by atoms with E-state index in [0.29, 0.717) is 24.7 Å². The molecule has 0 radical (unpaired) electrons. The number of benzene rings is 1. The number of piperidine rings is 2. The van der Waals surface area contributed by atoms with Crippen molar-refractivity contribution in [3.05, 3.63) is 29.1 Å². The average Bonchev–Trinajstić information content (AvgIpc) is 2.75. The van der Waals surface area contributed by atoms with Crippen LogP contribution in [0.25, 0.3) is 0 Å². The molecule has 0 bridgehead atoms. The highest BCUT2D eigenvalue weighted by Gasteiger charge is 2.35. The molecule has 0 saturated carbocycles. The van der Waals surface area contributed by atoms with Crippen LogP contribution in [0.5, 0.6) is 0 Å². The van der Waals surface area contributed by atoms with Crippen molar-refractivity contribution in [2.24, 2.45) is 11.7 Å². The molecule has 0 aromatic heterocycles. The number of nitrogens with two attached hydrogens (primary N) is 1. The van der Waals surface area contributed by atoms with Crippen LogP contribution >= 0.6 is 0 Å². The predicted molar refractivity (Wildman–Crippen MR) is 114 cm³/mol. The zero-order valence-corrected chi connectivity index (χ0v) is 17.7. The van der Waals surface area contributed by atoms with Gasteiger partial charge in [0, 0.05) is 50.4 Å². The Bertz CT molecular complexity index is 863. The van der Waals surface area contributed by atoms with E-state index >= 15 is 4.39 Å². The lowest BCUT2D eigenvalue weighted by Crippen LogP contribution is -2.49. The van der Waals surface area contributed by atoms with E-state index in [1.54, 1.807) is 6.07 Å². The van der Waals surface area contributed by atoms with Crippen LogP contribution in [0.2, 0.25) is 0 Å². The largest absolute Gasteiger partial charge is 0.369 e.